The zero-order valence-electron chi connectivity index (χ0n) is 9.20. The van der Waals surface area contributed by atoms with E-state index in [0.29, 0.717) is 6.61 Å². The molecule has 17 heavy (non-hydrogen) atoms. The molecule has 0 fully saturated rings. The van der Waals surface area contributed by atoms with Crippen molar-refractivity contribution in [1.29, 1.82) is 0 Å². The standard InChI is InChI=1S/C13H10FO.BrH.Mg/c14-12-6-8-13(9-7-12)15-10-11-4-2-1-3-5-11;;/h1-8H,10H2;1H;/q;;+1/p-1. The molecule has 0 aliphatic rings. The minimum absolute atomic E-state index is 0.209. The highest BCUT2D eigenvalue weighted by atomic mass is 79.9. The second-order valence-corrected chi connectivity index (χ2v) is 6.37. The van der Waals surface area contributed by atoms with Gasteiger partial charge in [0.15, 0.2) is 0 Å². The molecule has 4 heteroatoms. The first-order valence-corrected chi connectivity index (χ1v) is 9.91. The molecule has 2 rings (SSSR count). The Morgan fingerprint density at radius 2 is 1.88 bits per heavy atom. The van der Waals surface area contributed by atoms with Gasteiger partial charge in [-0.05, 0) is 23.8 Å². The van der Waals surface area contributed by atoms with Gasteiger partial charge in [-0.25, -0.2) is 4.39 Å². The Morgan fingerprint density at radius 3 is 2.59 bits per heavy atom. The number of hydrogen-bond acceptors (Lipinski definition) is 1. The van der Waals surface area contributed by atoms with E-state index in [9.17, 15) is 4.39 Å². The summed E-state index contributed by atoms with van der Waals surface area (Å²) in [5.74, 6) is 0.567. The SMILES string of the molecule is Fc1ccc(OCc2ccccc2)[c]([Mg][Br])c1. The summed E-state index contributed by atoms with van der Waals surface area (Å²) >= 11 is 2.85. The van der Waals surface area contributed by atoms with Crippen LogP contribution in [-0.2, 0) is 6.61 Å². The molecule has 0 N–H and O–H groups in total. The number of benzene rings is 2. The maximum atomic E-state index is 13.0. The van der Waals surface area contributed by atoms with Crippen molar-refractivity contribution in [2.75, 3.05) is 0 Å². The monoisotopic (exact) mass is 304 g/mol. The first-order chi connectivity index (χ1) is 8.29. The molecule has 0 unspecified atom stereocenters. The number of rotatable bonds is 4. The maximum absolute atomic E-state index is 13.0. The molecule has 2 aromatic carbocycles. The van der Waals surface area contributed by atoms with Gasteiger partial charge in [-0.3, -0.25) is 12.9 Å². The van der Waals surface area contributed by atoms with Gasteiger partial charge in [-0.2, -0.15) is 0 Å². The van der Waals surface area contributed by atoms with E-state index < -0.39 is 18.2 Å². The van der Waals surface area contributed by atoms with Gasteiger partial charge >= 0.3 is 18.2 Å². The molecule has 0 atom stereocenters. The molecule has 0 heterocycles. The molecule has 1 nitrogen and oxygen atoms in total. The second kappa shape index (κ2) is 6.38. The normalized spacial score (nSPS) is 9.76. The molecule has 0 bridgehead atoms. The van der Waals surface area contributed by atoms with Gasteiger partial charge in [0.25, 0.3) is 0 Å². The Kier molecular flexibility index (Phi) is 4.82. The van der Waals surface area contributed by atoms with Crippen LogP contribution in [0.1, 0.15) is 5.56 Å². The van der Waals surface area contributed by atoms with Crippen LogP contribution in [0.4, 0.5) is 4.39 Å². The number of hydrogen-bond donors (Lipinski definition) is 0. The topological polar surface area (TPSA) is 9.23 Å². The van der Waals surface area contributed by atoms with Gasteiger partial charge in [0.2, 0.25) is 0 Å². The molecule has 0 aliphatic heterocycles. The lowest BCUT2D eigenvalue weighted by Crippen LogP contribution is -2.14. The third kappa shape index (κ3) is 3.69. The number of halogens is 2. The summed E-state index contributed by atoms with van der Waals surface area (Å²) in [7, 11) is 0. The van der Waals surface area contributed by atoms with Crippen LogP contribution in [0.5, 0.6) is 5.75 Å². The van der Waals surface area contributed by atoms with Crippen LogP contribution in [0.25, 0.3) is 0 Å². The van der Waals surface area contributed by atoms with Crippen LogP contribution in [0, 0.1) is 5.82 Å². The smallest absolute Gasteiger partial charge is 0.491 e. The molecular formula is C13H10BrFMgO. The van der Waals surface area contributed by atoms with Crippen molar-refractivity contribution >= 4 is 34.8 Å². The van der Waals surface area contributed by atoms with Crippen molar-refractivity contribution in [3.05, 3.63) is 59.9 Å². The van der Waals surface area contributed by atoms with E-state index in [4.69, 9.17) is 4.74 Å². The summed E-state index contributed by atoms with van der Waals surface area (Å²) in [6.07, 6.45) is 0. The van der Waals surface area contributed by atoms with Crippen molar-refractivity contribution in [2.45, 2.75) is 6.61 Å². The van der Waals surface area contributed by atoms with Crippen molar-refractivity contribution in [3.8, 4) is 5.75 Å². The molecule has 0 saturated heterocycles. The summed E-state index contributed by atoms with van der Waals surface area (Å²) in [4.78, 5) is 0. The van der Waals surface area contributed by atoms with Gasteiger partial charge in [0.05, 0.1) is 5.75 Å². The van der Waals surface area contributed by atoms with Gasteiger partial charge in [0, 0.05) is 0 Å². The summed E-state index contributed by atoms with van der Waals surface area (Å²) in [6.45, 7) is 0.515. The van der Waals surface area contributed by atoms with Crippen LogP contribution < -0.4 is 8.43 Å². The zero-order chi connectivity index (χ0) is 12.1. The lowest BCUT2D eigenvalue weighted by atomic mass is 10.2. The summed E-state index contributed by atoms with van der Waals surface area (Å²) in [6, 6.07) is 14.6. The first-order valence-electron chi connectivity index (χ1n) is 5.30. The molecule has 0 aromatic heterocycles. The van der Waals surface area contributed by atoms with Gasteiger partial charge in [-0.1, -0.05) is 30.3 Å². The highest BCUT2D eigenvalue weighted by Gasteiger charge is 2.06. The molecule has 0 amide bonds. The van der Waals surface area contributed by atoms with Crippen LogP contribution >= 0.6 is 12.9 Å². The van der Waals surface area contributed by atoms with E-state index in [1.54, 1.807) is 12.1 Å². The quantitative estimate of drug-likeness (QED) is 0.789. The Bertz CT molecular complexity index is 490. The fraction of sp³-hybridized carbons (Fsp3) is 0.0769. The highest BCUT2D eigenvalue weighted by molar-refractivity contribution is 9.23. The van der Waals surface area contributed by atoms with E-state index in [-0.39, 0.29) is 5.82 Å². The van der Waals surface area contributed by atoms with Crippen LogP contribution in [0.2, 0.25) is 0 Å². The molecule has 2 aromatic rings. The molecule has 0 saturated carbocycles. The summed E-state index contributed by atoms with van der Waals surface area (Å²) in [5.41, 5.74) is 1.11. The first kappa shape index (κ1) is 12.9. The lowest BCUT2D eigenvalue weighted by Gasteiger charge is -2.10. The van der Waals surface area contributed by atoms with E-state index in [1.165, 1.54) is 6.07 Å². The lowest BCUT2D eigenvalue weighted by molar-refractivity contribution is 0.308. The van der Waals surface area contributed by atoms with Crippen LogP contribution in [-0.4, -0.2) is 18.2 Å². The van der Waals surface area contributed by atoms with E-state index in [2.05, 4.69) is 12.9 Å². The average molecular weight is 305 g/mol. The summed E-state index contributed by atoms with van der Waals surface area (Å²) in [5, 5.41) is 0. The Morgan fingerprint density at radius 1 is 1.12 bits per heavy atom. The van der Waals surface area contributed by atoms with Gasteiger partial charge in [-0.15, -0.1) is 3.69 Å². The van der Waals surface area contributed by atoms with Gasteiger partial charge < -0.3 is 4.74 Å². The van der Waals surface area contributed by atoms with E-state index in [1.807, 2.05) is 30.3 Å². The van der Waals surface area contributed by atoms with Gasteiger partial charge in [0.1, 0.15) is 12.4 Å². The van der Waals surface area contributed by atoms with Crippen LogP contribution in [0.3, 0.4) is 0 Å². The van der Waals surface area contributed by atoms with E-state index in [0.717, 1.165) is 15.0 Å². The van der Waals surface area contributed by atoms with Crippen molar-refractivity contribution in [3.63, 3.8) is 0 Å². The van der Waals surface area contributed by atoms with Crippen molar-refractivity contribution < 1.29 is 9.13 Å². The minimum atomic E-state index is -0.612. The molecule has 0 aliphatic carbocycles. The Balaban J connectivity index is 2.09. The maximum Gasteiger partial charge on any atom is 0.512 e. The Labute approximate surface area is 116 Å². The van der Waals surface area contributed by atoms with Crippen molar-refractivity contribution in [1.82, 2.24) is 0 Å². The predicted molar refractivity (Wildman–Crippen MR) is 71.5 cm³/mol. The predicted octanol–water partition coefficient (Wildman–Crippen LogP) is 3.04. The van der Waals surface area contributed by atoms with Crippen LogP contribution in [0.15, 0.2) is 48.5 Å². The second-order valence-electron chi connectivity index (χ2n) is 3.66. The largest absolute Gasteiger partial charge is 0.512 e. The van der Waals surface area contributed by atoms with Crippen molar-refractivity contribution in [2.24, 2.45) is 0 Å². The zero-order valence-corrected chi connectivity index (χ0v) is 12.2. The van der Waals surface area contributed by atoms with E-state index >= 15 is 0 Å². The Hall–Kier alpha value is -0.584. The third-order valence-electron chi connectivity index (χ3n) is 2.40. The minimum Gasteiger partial charge on any atom is -0.491 e. The fourth-order valence-corrected chi connectivity index (χ4v) is 3.47. The fourth-order valence-electron chi connectivity index (χ4n) is 1.53. The highest BCUT2D eigenvalue weighted by Crippen LogP contribution is 2.12. The average Bonchev–Trinajstić information content (AvgIpc) is 2.38. The third-order valence-corrected chi connectivity index (χ3v) is 5.06. The molecule has 0 spiro atoms. The molecule has 84 valence electrons. The summed E-state index contributed by atoms with van der Waals surface area (Å²) < 4.78 is 19.7. The number of ether oxygens (including phenoxy) is 1. The molecular weight excluding hydrogens is 295 g/mol. The molecule has 0 radical (unpaired) electrons.